The number of carbonyl (C=O) groups is 1. The fourth-order valence-electron chi connectivity index (χ4n) is 4.93. The van der Waals surface area contributed by atoms with E-state index in [-0.39, 0.29) is 18.0 Å². The summed E-state index contributed by atoms with van der Waals surface area (Å²) >= 11 is 0. The van der Waals surface area contributed by atoms with E-state index in [0.29, 0.717) is 18.8 Å². The van der Waals surface area contributed by atoms with E-state index in [1.165, 1.54) is 36.8 Å². The van der Waals surface area contributed by atoms with Crippen LogP contribution in [0.4, 0.5) is 0 Å². The smallest absolute Gasteiger partial charge is 0.309 e. The van der Waals surface area contributed by atoms with Crippen molar-refractivity contribution in [2.45, 2.75) is 117 Å². The van der Waals surface area contributed by atoms with Gasteiger partial charge >= 0.3 is 5.97 Å². The summed E-state index contributed by atoms with van der Waals surface area (Å²) < 4.78 is 5.72. The predicted molar refractivity (Wildman–Crippen MR) is 129 cm³/mol. The first-order valence-corrected chi connectivity index (χ1v) is 12.7. The topological polar surface area (TPSA) is 46.5 Å². The maximum absolute atomic E-state index is 12.9. The molecule has 2 rings (SSSR count). The normalized spacial score (nSPS) is 21.5. The summed E-state index contributed by atoms with van der Waals surface area (Å²) in [5.74, 6) is 0.976. The van der Waals surface area contributed by atoms with Crippen molar-refractivity contribution in [3.05, 3.63) is 35.4 Å². The molecule has 3 heteroatoms. The van der Waals surface area contributed by atoms with E-state index in [2.05, 4.69) is 38.1 Å². The molecule has 2 atom stereocenters. The third kappa shape index (κ3) is 9.35. The van der Waals surface area contributed by atoms with Gasteiger partial charge in [0, 0.05) is 0 Å². The Morgan fingerprint density at radius 3 is 2.16 bits per heavy atom. The first kappa shape index (κ1) is 25.9. The molecule has 0 spiro atoms. The molecule has 31 heavy (non-hydrogen) atoms. The molecule has 1 saturated carbocycles. The molecule has 0 heterocycles. The van der Waals surface area contributed by atoms with Crippen LogP contribution in [0.2, 0.25) is 0 Å². The lowest BCUT2D eigenvalue weighted by molar-refractivity contribution is -0.160. The largest absolute Gasteiger partial charge is 0.460 e. The van der Waals surface area contributed by atoms with Crippen molar-refractivity contribution in [1.29, 1.82) is 0 Å². The van der Waals surface area contributed by atoms with Gasteiger partial charge in [-0.25, -0.2) is 0 Å². The number of aryl methyl sites for hydroxylation is 2. The van der Waals surface area contributed by atoms with E-state index in [4.69, 9.17) is 4.74 Å². The van der Waals surface area contributed by atoms with Crippen molar-refractivity contribution in [3.8, 4) is 0 Å². The number of ether oxygens (including phenoxy) is 1. The third-order valence-electron chi connectivity index (χ3n) is 6.90. The van der Waals surface area contributed by atoms with E-state index in [0.717, 1.165) is 38.0 Å². The van der Waals surface area contributed by atoms with E-state index in [9.17, 15) is 9.90 Å². The van der Waals surface area contributed by atoms with E-state index >= 15 is 0 Å². The molecule has 0 bridgehead atoms. The first-order chi connectivity index (χ1) is 14.7. The monoisotopic (exact) mass is 430 g/mol. The third-order valence-corrected chi connectivity index (χ3v) is 6.90. The number of benzene rings is 1. The van der Waals surface area contributed by atoms with Crippen molar-refractivity contribution in [3.63, 3.8) is 0 Å². The van der Waals surface area contributed by atoms with Crippen LogP contribution in [-0.4, -0.2) is 22.8 Å². The lowest BCUT2D eigenvalue weighted by Gasteiger charge is -2.32. The van der Waals surface area contributed by atoms with Gasteiger partial charge in [-0.05, 0) is 88.7 Å². The summed E-state index contributed by atoms with van der Waals surface area (Å²) in [6, 6.07) is 8.70. The SMILES string of the molecule is CCC[C@H]1CC[C@H](C(O)CCC(CCc2ccc(CC)cc2)C(=O)OC(C)(C)C)CC1. The number of hydrogen-bond donors (Lipinski definition) is 1. The Hall–Kier alpha value is -1.35. The van der Waals surface area contributed by atoms with Crippen LogP contribution < -0.4 is 0 Å². The van der Waals surface area contributed by atoms with Crippen molar-refractivity contribution in [2.75, 3.05) is 0 Å². The number of carbonyl (C=O) groups excluding carboxylic acids is 1. The summed E-state index contributed by atoms with van der Waals surface area (Å²) in [6.07, 6.45) is 11.1. The summed E-state index contributed by atoms with van der Waals surface area (Å²) in [7, 11) is 0. The van der Waals surface area contributed by atoms with Crippen LogP contribution in [-0.2, 0) is 22.4 Å². The van der Waals surface area contributed by atoms with Gasteiger partial charge in [-0.1, -0.05) is 63.8 Å². The standard InChI is InChI=1S/C28H46O3/c1-6-8-22-13-16-24(17-14-22)26(29)20-19-25(27(30)31-28(3,4)5)18-15-23-11-9-21(7-2)10-12-23/h9-12,22,24-26,29H,6-8,13-20H2,1-5H3/t22-,24-,25?,26?. The Kier molecular flexibility index (Phi) is 10.6. The second-order valence-electron chi connectivity index (χ2n) is 10.7. The van der Waals surface area contributed by atoms with Crippen LogP contribution >= 0.6 is 0 Å². The van der Waals surface area contributed by atoms with Gasteiger partial charge in [0.2, 0.25) is 0 Å². The lowest BCUT2D eigenvalue weighted by Crippen LogP contribution is -2.31. The summed E-state index contributed by atoms with van der Waals surface area (Å²) in [5.41, 5.74) is 2.12. The minimum absolute atomic E-state index is 0.114. The van der Waals surface area contributed by atoms with Gasteiger partial charge in [-0.3, -0.25) is 4.79 Å². The second kappa shape index (κ2) is 12.6. The summed E-state index contributed by atoms with van der Waals surface area (Å²) in [6.45, 7) is 10.2. The Balaban J connectivity index is 1.90. The zero-order valence-corrected chi connectivity index (χ0v) is 20.7. The van der Waals surface area contributed by atoms with Crippen LogP contribution in [0.5, 0.6) is 0 Å². The van der Waals surface area contributed by atoms with Crippen LogP contribution in [0.15, 0.2) is 24.3 Å². The van der Waals surface area contributed by atoms with Gasteiger partial charge in [0.15, 0.2) is 0 Å². The molecule has 0 amide bonds. The fourth-order valence-corrected chi connectivity index (χ4v) is 4.93. The quantitative estimate of drug-likeness (QED) is 0.389. The molecular weight excluding hydrogens is 384 g/mol. The molecule has 1 aromatic rings. The van der Waals surface area contributed by atoms with Gasteiger partial charge < -0.3 is 9.84 Å². The molecule has 176 valence electrons. The van der Waals surface area contributed by atoms with Crippen molar-refractivity contribution >= 4 is 5.97 Å². The number of esters is 1. The maximum Gasteiger partial charge on any atom is 0.309 e. The zero-order valence-electron chi connectivity index (χ0n) is 20.7. The number of aliphatic hydroxyl groups is 1. The molecule has 0 aromatic heterocycles. The highest BCUT2D eigenvalue weighted by atomic mass is 16.6. The van der Waals surface area contributed by atoms with E-state index < -0.39 is 5.60 Å². The molecule has 1 fully saturated rings. The van der Waals surface area contributed by atoms with Gasteiger partial charge in [-0.2, -0.15) is 0 Å². The van der Waals surface area contributed by atoms with Gasteiger partial charge in [0.1, 0.15) is 5.60 Å². The average Bonchev–Trinajstić information content (AvgIpc) is 2.73. The maximum atomic E-state index is 12.9. The van der Waals surface area contributed by atoms with Crippen molar-refractivity contribution in [2.24, 2.45) is 17.8 Å². The van der Waals surface area contributed by atoms with Gasteiger partial charge in [-0.15, -0.1) is 0 Å². The molecule has 2 unspecified atom stereocenters. The fraction of sp³-hybridized carbons (Fsp3) is 0.750. The molecule has 1 aromatic carbocycles. The molecule has 1 N–H and O–H groups in total. The van der Waals surface area contributed by atoms with Gasteiger partial charge in [0.25, 0.3) is 0 Å². The number of rotatable bonds is 11. The zero-order chi connectivity index (χ0) is 22.9. The second-order valence-corrected chi connectivity index (χ2v) is 10.7. The minimum atomic E-state index is -0.478. The highest BCUT2D eigenvalue weighted by molar-refractivity contribution is 5.72. The van der Waals surface area contributed by atoms with E-state index in [1.54, 1.807) is 0 Å². The molecule has 1 aliphatic carbocycles. The summed E-state index contributed by atoms with van der Waals surface area (Å²) in [4.78, 5) is 12.9. The molecule has 3 nitrogen and oxygen atoms in total. The number of aliphatic hydroxyl groups excluding tert-OH is 1. The van der Waals surface area contributed by atoms with E-state index in [1.807, 2.05) is 20.8 Å². The Labute approximate surface area is 191 Å². The van der Waals surface area contributed by atoms with Crippen LogP contribution in [0, 0.1) is 17.8 Å². The Bertz CT molecular complexity index is 635. The van der Waals surface area contributed by atoms with Crippen molar-refractivity contribution < 1.29 is 14.6 Å². The Morgan fingerprint density at radius 1 is 1.00 bits per heavy atom. The van der Waals surface area contributed by atoms with Crippen LogP contribution in [0.1, 0.15) is 104 Å². The highest BCUT2D eigenvalue weighted by Crippen LogP contribution is 2.35. The highest BCUT2D eigenvalue weighted by Gasteiger charge is 2.29. The minimum Gasteiger partial charge on any atom is -0.460 e. The predicted octanol–water partition coefficient (Wildman–Crippen LogP) is 6.89. The Morgan fingerprint density at radius 2 is 1.61 bits per heavy atom. The van der Waals surface area contributed by atoms with Crippen LogP contribution in [0.25, 0.3) is 0 Å². The molecular formula is C28H46O3. The van der Waals surface area contributed by atoms with Crippen molar-refractivity contribution in [1.82, 2.24) is 0 Å². The molecule has 0 saturated heterocycles. The average molecular weight is 431 g/mol. The first-order valence-electron chi connectivity index (χ1n) is 12.7. The molecule has 0 radical (unpaired) electrons. The van der Waals surface area contributed by atoms with Crippen LogP contribution in [0.3, 0.4) is 0 Å². The van der Waals surface area contributed by atoms with Gasteiger partial charge in [0.05, 0.1) is 12.0 Å². The number of hydrogen-bond acceptors (Lipinski definition) is 3. The molecule has 0 aliphatic heterocycles. The lowest BCUT2D eigenvalue weighted by atomic mass is 9.76. The summed E-state index contributed by atoms with van der Waals surface area (Å²) in [5, 5.41) is 10.8. The molecule has 1 aliphatic rings.